The molecule has 0 spiro atoms. The average Bonchev–Trinajstić information content (AvgIpc) is 2.93. The Morgan fingerprint density at radius 2 is 2.36 bits per heavy atom. The van der Waals surface area contributed by atoms with Crippen LogP contribution >= 0.6 is 0 Å². The third kappa shape index (κ3) is 4.58. The number of carbonyl (C=O) groups is 1. The summed E-state index contributed by atoms with van der Waals surface area (Å²) in [7, 11) is 0. The van der Waals surface area contributed by atoms with Crippen LogP contribution in [0.4, 0.5) is 0 Å². The van der Waals surface area contributed by atoms with Gasteiger partial charge in [0.15, 0.2) is 0 Å². The number of rotatable bonds is 8. The summed E-state index contributed by atoms with van der Waals surface area (Å²) in [6.07, 6.45) is 4.26. The summed E-state index contributed by atoms with van der Waals surface area (Å²) in [5, 5.41) is 11.9. The van der Waals surface area contributed by atoms with Gasteiger partial charge in [0.05, 0.1) is 6.61 Å². The van der Waals surface area contributed by atoms with Crippen LogP contribution in [0.5, 0.6) is 0 Å². The number of hydrogen-bond acceptors (Lipinski definition) is 3. The Kier molecular flexibility index (Phi) is 4.90. The van der Waals surface area contributed by atoms with Gasteiger partial charge in [-0.25, -0.2) is 0 Å². The second-order valence-electron chi connectivity index (χ2n) is 3.76. The highest BCUT2D eigenvalue weighted by molar-refractivity contribution is 5.73. The molecule has 1 aliphatic carbocycles. The first kappa shape index (κ1) is 11.5. The van der Waals surface area contributed by atoms with Gasteiger partial charge in [0.1, 0.15) is 6.04 Å². The van der Waals surface area contributed by atoms with Gasteiger partial charge in [-0.05, 0) is 19.3 Å². The number of aliphatic carboxylic acids is 1. The van der Waals surface area contributed by atoms with E-state index in [9.17, 15) is 4.79 Å². The van der Waals surface area contributed by atoms with Gasteiger partial charge in [-0.3, -0.25) is 10.1 Å². The Bertz CT molecular complexity index is 180. The summed E-state index contributed by atoms with van der Waals surface area (Å²) < 4.78 is 5.28. The van der Waals surface area contributed by atoms with Gasteiger partial charge >= 0.3 is 5.97 Å². The Hall–Kier alpha value is -0.610. The van der Waals surface area contributed by atoms with Crippen LogP contribution in [0.25, 0.3) is 0 Å². The predicted octanol–water partition coefficient (Wildman–Crippen LogP) is 1.01. The van der Waals surface area contributed by atoms with Crippen molar-refractivity contribution in [1.82, 2.24) is 5.32 Å². The molecule has 1 fully saturated rings. The van der Waals surface area contributed by atoms with E-state index in [1.54, 1.807) is 0 Å². The number of carboxylic acids is 1. The van der Waals surface area contributed by atoms with Crippen molar-refractivity contribution in [2.24, 2.45) is 0 Å². The molecule has 0 radical (unpaired) electrons. The van der Waals surface area contributed by atoms with Gasteiger partial charge in [0.2, 0.25) is 0 Å². The fraction of sp³-hybridized carbons (Fsp3) is 0.900. The Balaban J connectivity index is 2.10. The molecule has 1 rings (SSSR count). The van der Waals surface area contributed by atoms with Crippen LogP contribution in [-0.4, -0.2) is 36.4 Å². The monoisotopic (exact) mass is 201 g/mol. The van der Waals surface area contributed by atoms with E-state index < -0.39 is 12.0 Å². The standard InChI is InChI=1S/C10H19NO3/c1-2-3-6-14-7-9(10(12)13)11-8-4-5-8/h8-9,11H,2-7H2,1H3,(H,12,13). The lowest BCUT2D eigenvalue weighted by atomic mass is 10.3. The zero-order valence-corrected chi connectivity index (χ0v) is 8.66. The van der Waals surface area contributed by atoms with E-state index in [1.165, 1.54) is 0 Å². The average molecular weight is 201 g/mol. The summed E-state index contributed by atoms with van der Waals surface area (Å²) in [5.74, 6) is -0.812. The second kappa shape index (κ2) is 5.98. The van der Waals surface area contributed by atoms with Crippen molar-refractivity contribution in [3.8, 4) is 0 Å². The molecular formula is C10H19NO3. The van der Waals surface area contributed by atoms with Crippen molar-refractivity contribution in [2.45, 2.75) is 44.7 Å². The van der Waals surface area contributed by atoms with E-state index in [-0.39, 0.29) is 6.61 Å². The Morgan fingerprint density at radius 1 is 1.64 bits per heavy atom. The summed E-state index contributed by atoms with van der Waals surface area (Å²) in [4.78, 5) is 10.8. The lowest BCUT2D eigenvalue weighted by Crippen LogP contribution is -2.41. The minimum absolute atomic E-state index is 0.284. The lowest BCUT2D eigenvalue weighted by Gasteiger charge is -2.13. The molecule has 0 bridgehead atoms. The molecular weight excluding hydrogens is 182 g/mol. The zero-order chi connectivity index (χ0) is 10.4. The molecule has 2 N–H and O–H groups in total. The highest BCUT2D eigenvalue weighted by atomic mass is 16.5. The van der Waals surface area contributed by atoms with Gasteiger partial charge in [0, 0.05) is 12.6 Å². The molecule has 4 nitrogen and oxygen atoms in total. The first-order valence-corrected chi connectivity index (χ1v) is 5.30. The van der Waals surface area contributed by atoms with E-state index in [0.717, 1.165) is 25.7 Å². The van der Waals surface area contributed by atoms with Gasteiger partial charge in [-0.1, -0.05) is 13.3 Å². The molecule has 14 heavy (non-hydrogen) atoms. The molecule has 0 aromatic rings. The van der Waals surface area contributed by atoms with Crippen molar-refractivity contribution in [1.29, 1.82) is 0 Å². The second-order valence-corrected chi connectivity index (χ2v) is 3.76. The summed E-state index contributed by atoms with van der Waals surface area (Å²) in [5.41, 5.74) is 0. The number of carboxylic acid groups (broad SMARTS) is 1. The highest BCUT2D eigenvalue weighted by Crippen LogP contribution is 2.19. The number of ether oxygens (including phenoxy) is 1. The van der Waals surface area contributed by atoms with Crippen molar-refractivity contribution < 1.29 is 14.6 Å². The molecule has 1 atom stereocenters. The van der Waals surface area contributed by atoms with E-state index in [0.29, 0.717) is 12.6 Å². The third-order valence-electron chi connectivity index (χ3n) is 2.24. The van der Waals surface area contributed by atoms with Crippen LogP contribution in [0.3, 0.4) is 0 Å². The summed E-state index contributed by atoms with van der Waals surface area (Å²) in [6, 6.07) is -0.120. The summed E-state index contributed by atoms with van der Waals surface area (Å²) >= 11 is 0. The van der Waals surface area contributed by atoms with Crippen molar-refractivity contribution in [3.63, 3.8) is 0 Å². The SMILES string of the molecule is CCCCOCC(NC1CC1)C(=O)O. The number of nitrogens with one attached hydrogen (secondary N) is 1. The lowest BCUT2D eigenvalue weighted by molar-refractivity contribution is -0.141. The maximum atomic E-state index is 10.8. The van der Waals surface area contributed by atoms with Crippen LogP contribution < -0.4 is 5.32 Å². The molecule has 0 aliphatic heterocycles. The Labute approximate surface area is 84.6 Å². The van der Waals surface area contributed by atoms with Crippen LogP contribution in [0.1, 0.15) is 32.6 Å². The number of hydrogen-bond donors (Lipinski definition) is 2. The molecule has 1 aliphatic rings. The molecule has 0 heterocycles. The highest BCUT2D eigenvalue weighted by Gasteiger charge is 2.28. The first-order chi connectivity index (χ1) is 6.74. The largest absolute Gasteiger partial charge is 0.480 e. The maximum absolute atomic E-state index is 10.8. The molecule has 0 saturated heterocycles. The normalized spacial score (nSPS) is 18.1. The molecule has 1 unspecified atom stereocenters. The van der Waals surface area contributed by atoms with Gasteiger partial charge in [0.25, 0.3) is 0 Å². The van der Waals surface area contributed by atoms with Crippen LogP contribution in [0.2, 0.25) is 0 Å². The minimum atomic E-state index is -0.812. The van der Waals surface area contributed by atoms with Crippen molar-refractivity contribution in [2.75, 3.05) is 13.2 Å². The predicted molar refractivity (Wildman–Crippen MR) is 53.3 cm³/mol. The fourth-order valence-corrected chi connectivity index (χ4v) is 1.17. The minimum Gasteiger partial charge on any atom is -0.480 e. The molecule has 4 heteroatoms. The van der Waals surface area contributed by atoms with Gasteiger partial charge in [-0.2, -0.15) is 0 Å². The van der Waals surface area contributed by atoms with Gasteiger partial charge < -0.3 is 9.84 Å². The topological polar surface area (TPSA) is 58.6 Å². The smallest absolute Gasteiger partial charge is 0.323 e. The molecule has 1 saturated carbocycles. The van der Waals surface area contributed by atoms with Crippen LogP contribution in [0.15, 0.2) is 0 Å². The van der Waals surface area contributed by atoms with Crippen molar-refractivity contribution >= 4 is 5.97 Å². The fourth-order valence-electron chi connectivity index (χ4n) is 1.17. The van der Waals surface area contributed by atoms with Crippen LogP contribution in [0, 0.1) is 0 Å². The quantitative estimate of drug-likeness (QED) is 0.575. The zero-order valence-electron chi connectivity index (χ0n) is 8.66. The van der Waals surface area contributed by atoms with Crippen molar-refractivity contribution in [3.05, 3.63) is 0 Å². The maximum Gasteiger partial charge on any atom is 0.323 e. The molecule has 82 valence electrons. The molecule has 0 aromatic carbocycles. The number of unbranched alkanes of at least 4 members (excludes halogenated alkanes) is 1. The first-order valence-electron chi connectivity index (χ1n) is 5.30. The van der Waals surface area contributed by atoms with Crippen LogP contribution in [-0.2, 0) is 9.53 Å². The van der Waals surface area contributed by atoms with E-state index in [1.807, 2.05) is 0 Å². The molecule has 0 aromatic heterocycles. The third-order valence-corrected chi connectivity index (χ3v) is 2.24. The van der Waals surface area contributed by atoms with Gasteiger partial charge in [-0.15, -0.1) is 0 Å². The molecule has 0 amide bonds. The van der Waals surface area contributed by atoms with E-state index in [2.05, 4.69) is 12.2 Å². The van der Waals surface area contributed by atoms with E-state index in [4.69, 9.17) is 9.84 Å². The Morgan fingerprint density at radius 3 is 2.86 bits per heavy atom. The van der Waals surface area contributed by atoms with E-state index >= 15 is 0 Å². The summed E-state index contributed by atoms with van der Waals surface area (Å²) in [6.45, 7) is 3.03.